The van der Waals surface area contributed by atoms with Gasteiger partial charge in [0.2, 0.25) is 0 Å². The predicted molar refractivity (Wildman–Crippen MR) is 68.5 cm³/mol. The summed E-state index contributed by atoms with van der Waals surface area (Å²) < 4.78 is 12.3. The highest BCUT2D eigenvalue weighted by molar-refractivity contribution is 5.72. The molecule has 0 fully saturated rings. The Morgan fingerprint density at radius 1 is 1.17 bits per heavy atom. The number of rotatable bonds is 5. The quantitative estimate of drug-likeness (QED) is 0.759. The highest BCUT2D eigenvalue weighted by Gasteiger charge is 2.04. The topological polar surface area (TPSA) is 40.5 Å². The first-order valence-electron chi connectivity index (χ1n) is 5.59. The second-order valence-electron chi connectivity index (χ2n) is 3.90. The molecule has 2 rings (SSSR count). The number of carbonyl (C=O) groups excluding carboxylic acids is 1. The van der Waals surface area contributed by atoms with Gasteiger partial charge >= 0.3 is 0 Å². The van der Waals surface area contributed by atoms with Crippen LogP contribution in [0, 0.1) is 0 Å². The lowest BCUT2D eigenvalue weighted by Crippen LogP contribution is -2.03. The normalized spacial score (nSPS) is 10.1. The summed E-state index contributed by atoms with van der Waals surface area (Å²) in [4.78, 5) is 10.9. The van der Waals surface area contributed by atoms with E-state index in [0.717, 1.165) is 23.3 Å². The van der Waals surface area contributed by atoms with Crippen LogP contribution in [-0.4, -0.2) is 25.1 Å². The molecule has 4 nitrogen and oxygen atoms in total. The zero-order valence-electron chi connectivity index (χ0n) is 10.4. The van der Waals surface area contributed by atoms with E-state index in [-0.39, 0.29) is 0 Å². The van der Waals surface area contributed by atoms with Crippen LogP contribution in [0.5, 0.6) is 11.5 Å². The van der Waals surface area contributed by atoms with E-state index in [1.807, 2.05) is 35.0 Å². The minimum absolute atomic E-state index is 0.606. The van der Waals surface area contributed by atoms with Gasteiger partial charge in [-0.3, -0.25) is 4.79 Å². The first kappa shape index (κ1) is 12.2. The summed E-state index contributed by atoms with van der Waals surface area (Å²) in [5, 5.41) is 0. The maximum absolute atomic E-state index is 10.9. The molecule has 0 spiro atoms. The summed E-state index contributed by atoms with van der Waals surface area (Å²) in [7, 11) is 3.23. The number of ether oxygens (including phenoxy) is 2. The summed E-state index contributed by atoms with van der Waals surface area (Å²) >= 11 is 0. The molecule has 1 heterocycles. The molecule has 0 bridgehead atoms. The zero-order valence-corrected chi connectivity index (χ0v) is 10.4. The molecular formula is C14H15NO3. The molecule has 2 aromatic rings. The lowest BCUT2D eigenvalue weighted by atomic mass is 10.2. The summed E-state index contributed by atoms with van der Waals surface area (Å²) in [6.07, 6.45) is 2.72. The maximum Gasteiger partial charge on any atom is 0.166 e. The van der Waals surface area contributed by atoms with E-state index in [2.05, 4.69) is 0 Å². The van der Waals surface area contributed by atoms with Crippen LogP contribution in [0.25, 0.3) is 0 Å². The van der Waals surface area contributed by atoms with Crippen LogP contribution >= 0.6 is 0 Å². The first-order chi connectivity index (χ1) is 8.76. The number of benzene rings is 1. The number of aromatic nitrogens is 1. The van der Waals surface area contributed by atoms with Crippen LogP contribution < -0.4 is 9.47 Å². The summed E-state index contributed by atoms with van der Waals surface area (Å²) in [6, 6.07) is 9.31. The van der Waals surface area contributed by atoms with E-state index in [1.165, 1.54) is 0 Å². The van der Waals surface area contributed by atoms with E-state index >= 15 is 0 Å². The van der Waals surface area contributed by atoms with Gasteiger partial charge in [-0.25, -0.2) is 0 Å². The molecule has 0 unspecified atom stereocenters. The van der Waals surface area contributed by atoms with Crippen molar-refractivity contribution in [3.8, 4) is 11.5 Å². The Morgan fingerprint density at radius 3 is 2.39 bits per heavy atom. The Labute approximate surface area is 106 Å². The lowest BCUT2D eigenvalue weighted by Gasteiger charge is -2.10. The summed E-state index contributed by atoms with van der Waals surface area (Å²) in [5.41, 5.74) is 1.67. The molecular weight excluding hydrogens is 230 g/mol. The van der Waals surface area contributed by atoms with Crippen molar-refractivity contribution < 1.29 is 14.3 Å². The van der Waals surface area contributed by atoms with Crippen LogP contribution in [0.15, 0.2) is 36.5 Å². The standard InChI is InChI=1S/C14H15NO3/c1-17-13-6-11(7-14(8-13)18-2)9-15-5-3-4-12(15)10-16/h3-8,10H,9H2,1-2H3. The molecule has 94 valence electrons. The van der Waals surface area contributed by atoms with Crippen molar-refractivity contribution in [1.82, 2.24) is 4.57 Å². The van der Waals surface area contributed by atoms with E-state index < -0.39 is 0 Å². The fourth-order valence-electron chi connectivity index (χ4n) is 1.83. The molecule has 4 heteroatoms. The molecule has 18 heavy (non-hydrogen) atoms. The number of aldehydes is 1. The Balaban J connectivity index is 2.30. The van der Waals surface area contributed by atoms with Gasteiger partial charge in [-0.15, -0.1) is 0 Å². The number of hydrogen-bond donors (Lipinski definition) is 0. The third-order valence-electron chi connectivity index (χ3n) is 2.75. The monoisotopic (exact) mass is 245 g/mol. The van der Waals surface area contributed by atoms with Crippen molar-refractivity contribution in [2.75, 3.05) is 14.2 Å². The Hall–Kier alpha value is -2.23. The minimum atomic E-state index is 0.606. The molecule has 0 amide bonds. The van der Waals surface area contributed by atoms with Crippen molar-refractivity contribution in [3.05, 3.63) is 47.8 Å². The van der Waals surface area contributed by atoms with E-state index in [4.69, 9.17) is 9.47 Å². The fourth-order valence-corrected chi connectivity index (χ4v) is 1.83. The van der Waals surface area contributed by atoms with E-state index in [0.29, 0.717) is 12.2 Å². The SMILES string of the molecule is COc1cc(Cn2cccc2C=O)cc(OC)c1. The fraction of sp³-hybridized carbons (Fsp3) is 0.214. The second kappa shape index (κ2) is 5.40. The van der Waals surface area contributed by atoms with Crippen LogP contribution in [0.1, 0.15) is 16.1 Å². The molecule has 0 aliphatic heterocycles. The molecule has 0 saturated carbocycles. The summed E-state index contributed by atoms with van der Waals surface area (Å²) in [6.45, 7) is 0.606. The molecule has 1 aromatic heterocycles. The molecule has 0 aliphatic carbocycles. The largest absolute Gasteiger partial charge is 0.497 e. The predicted octanol–water partition coefficient (Wildman–Crippen LogP) is 2.37. The van der Waals surface area contributed by atoms with E-state index in [1.54, 1.807) is 20.3 Å². The Kier molecular flexibility index (Phi) is 3.67. The smallest absolute Gasteiger partial charge is 0.166 e. The van der Waals surface area contributed by atoms with Crippen molar-refractivity contribution in [3.63, 3.8) is 0 Å². The van der Waals surface area contributed by atoms with Crippen molar-refractivity contribution in [2.45, 2.75) is 6.54 Å². The average molecular weight is 245 g/mol. The third-order valence-corrected chi connectivity index (χ3v) is 2.75. The van der Waals surface area contributed by atoms with E-state index in [9.17, 15) is 4.79 Å². The van der Waals surface area contributed by atoms with Gasteiger partial charge in [0.25, 0.3) is 0 Å². The Bertz CT molecular complexity index is 523. The van der Waals surface area contributed by atoms with Crippen LogP contribution in [0.3, 0.4) is 0 Å². The molecule has 0 aliphatic rings. The number of methoxy groups -OCH3 is 2. The average Bonchev–Trinajstić information content (AvgIpc) is 2.85. The van der Waals surface area contributed by atoms with Crippen molar-refractivity contribution in [2.24, 2.45) is 0 Å². The van der Waals surface area contributed by atoms with Gasteiger partial charge in [0, 0.05) is 18.8 Å². The van der Waals surface area contributed by atoms with Gasteiger partial charge in [-0.2, -0.15) is 0 Å². The number of nitrogens with zero attached hydrogens (tertiary/aromatic N) is 1. The van der Waals surface area contributed by atoms with Crippen molar-refractivity contribution in [1.29, 1.82) is 0 Å². The van der Waals surface area contributed by atoms with Gasteiger partial charge in [-0.1, -0.05) is 0 Å². The molecule has 0 radical (unpaired) electrons. The van der Waals surface area contributed by atoms with Crippen LogP contribution in [-0.2, 0) is 6.54 Å². The van der Waals surface area contributed by atoms with Crippen molar-refractivity contribution >= 4 is 6.29 Å². The highest BCUT2D eigenvalue weighted by Crippen LogP contribution is 2.23. The third kappa shape index (κ3) is 2.53. The summed E-state index contributed by atoms with van der Waals surface area (Å²) in [5.74, 6) is 1.48. The van der Waals surface area contributed by atoms with Gasteiger partial charge < -0.3 is 14.0 Å². The lowest BCUT2D eigenvalue weighted by molar-refractivity contribution is 0.111. The van der Waals surface area contributed by atoms with Crippen LogP contribution in [0.4, 0.5) is 0 Å². The second-order valence-corrected chi connectivity index (χ2v) is 3.90. The highest BCUT2D eigenvalue weighted by atomic mass is 16.5. The molecule has 0 saturated heterocycles. The van der Waals surface area contributed by atoms with Gasteiger partial charge in [0.1, 0.15) is 11.5 Å². The maximum atomic E-state index is 10.9. The number of hydrogen-bond acceptors (Lipinski definition) is 3. The number of carbonyl (C=O) groups is 1. The van der Waals surface area contributed by atoms with Gasteiger partial charge in [0.15, 0.2) is 6.29 Å². The molecule has 0 atom stereocenters. The molecule has 0 N–H and O–H groups in total. The van der Waals surface area contributed by atoms with Crippen LogP contribution in [0.2, 0.25) is 0 Å². The Morgan fingerprint density at radius 2 is 1.83 bits per heavy atom. The van der Waals surface area contributed by atoms with Gasteiger partial charge in [-0.05, 0) is 29.8 Å². The zero-order chi connectivity index (χ0) is 13.0. The first-order valence-corrected chi connectivity index (χ1v) is 5.59. The van der Waals surface area contributed by atoms with Gasteiger partial charge in [0.05, 0.1) is 19.9 Å². The molecule has 1 aromatic carbocycles. The minimum Gasteiger partial charge on any atom is -0.497 e.